The molecule has 1 heterocycles. The van der Waals surface area contributed by atoms with Crippen LogP contribution in [0.15, 0.2) is 83.7 Å². The van der Waals surface area contributed by atoms with Crippen molar-refractivity contribution in [2.24, 2.45) is 0 Å². The van der Waals surface area contributed by atoms with E-state index in [0.29, 0.717) is 16.6 Å². The summed E-state index contributed by atoms with van der Waals surface area (Å²) in [6.07, 6.45) is -4.75. The van der Waals surface area contributed by atoms with Gasteiger partial charge in [-0.1, -0.05) is 60.7 Å². The highest BCUT2D eigenvalue weighted by molar-refractivity contribution is 5.97. The minimum atomic E-state index is -4.75. The molecule has 0 saturated carbocycles. The predicted octanol–water partition coefficient (Wildman–Crippen LogP) is 5.62. The molecule has 31 heavy (non-hydrogen) atoms. The average Bonchev–Trinajstić information content (AvgIpc) is 2.76. The van der Waals surface area contributed by atoms with Crippen molar-refractivity contribution in [3.8, 4) is 22.6 Å². The van der Waals surface area contributed by atoms with Gasteiger partial charge in [-0.05, 0) is 29.3 Å². The highest BCUT2D eigenvalue weighted by atomic mass is 19.4. The van der Waals surface area contributed by atoms with Gasteiger partial charge in [-0.2, -0.15) is 0 Å². The fourth-order valence-electron chi connectivity index (χ4n) is 3.60. The van der Waals surface area contributed by atoms with Crippen LogP contribution in [-0.4, -0.2) is 18.0 Å². The van der Waals surface area contributed by atoms with E-state index < -0.39 is 6.36 Å². The lowest BCUT2D eigenvalue weighted by atomic mass is 9.99. The van der Waals surface area contributed by atoms with E-state index in [-0.39, 0.29) is 23.6 Å². The molecule has 158 valence electrons. The maximum Gasteiger partial charge on any atom is 0.573 e. The molecule has 0 spiro atoms. The topological polar surface area (TPSA) is 40.5 Å². The average molecular weight is 425 g/mol. The molecule has 7 heteroatoms. The molecule has 3 aromatic carbocycles. The number of halogens is 3. The van der Waals surface area contributed by atoms with Crippen LogP contribution >= 0.6 is 0 Å². The zero-order valence-electron chi connectivity index (χ0n) is 16.5. The van der Waals surface area contributed by atoms with Crippen LogP contribution in [0.3, 0.4) is 0 Å². The predicted molar refractivity (Wildman–Crippen MR) is 112 cm³/mol. The first-order valence-electron chi connectivity index (χ1n) is 9.47. The Morgan fingerprint density at radius 3 is 2.16 bits per heavy atom. The number of benzene rings is 3. The van der Waals surface area contributed by atoms with Crippen molar-refractivity contribution in [2.45, 2.75) is 12.9 Å². The third-order valence-corrected chi connectivity index (χ3v) is 4.89. The summed E-state index contributed by atoms with van der Waals surface area (Å²) < 4.78 is 48.2. The van der Waals surface area contributed by atoms with Gasteiger partial charge in [-0.25, -0.2) is 0 Å². The summed E-state index contributed by atoms with van der Waals surface area (Å²) in [6.45, 7) is 0.164. The molecule has 0 unspecified atom stereocenters. The molecule has 0 saturated heterocycles. The number of pyridine rings is 1. The number of hydrogen-bond donors (Lipinski definition) is 0. The Morgan fingerprint density at radius 2 is 1.52 bits per heavy atom. The Kier molecular flexibility index (Phi) is 5.42. The van der Waals surface area contributed by atoms with Crippen molar-refractivity contribution >= 4 is 10.9 Å². The van der Waals surface area contributed by atoms with Gasteiger partial charge in [0, 0.05) is 10.9 Å². The fourth-order valence-corrected chi connectivity index (χ4v) is 3.60. The minimum absolute atomic E-state index is 0.164. The second kappa shape index (κ2) is 8.18. The van der Waals surface area contributed by atoms with Gasteiger partial charge in [0.05, 0.1) is 19.2 Å². The molecule has 4 rings (SSSR count). The molecule has 0 bridgehead atoms. The number of para-hydroxylation sites is 1. The summed E-state index contributed by atoms with van der Waals surface area (Å²) >= 11 is 0. The van der Waals surface area contributed by atoms with Crippen LogP contribution < -0.4 is 15.0 Å². The summed E-state index contributed by atoms with van der Waals surface area (Å²) in [7, 11) is 1.45. The summed E-state index contributed by atoms with van der Waals surface area (Å²) in [5.74, 6) is -0.104. The fraction of sp³-hybridized carbons (Fsp3) is 0.125. The molecular formula is C24H18F3NO3. The molecule has 1 aromatic heterocycles. The monoisotopic (exact) mass is 425 g/mol. The van der Waals surface area contributed by atoms with E-state index in [4.69, 9.17) is 4.74 Å². The molecule has 4 nitrogen and oxygen atoms in total. The maximum atomic E-state index is 13.3. The first-order valence-corrected chi connectivity index (χ1v) is 9.47. The van der Waals surface area contributed by atoms with Gasteiger partial charge in [0.25, 0.3) is 5.56 Å². The Morgan fingerprint density at radius 1 is 0.871 bits per heavy atom. The van der Waals surface area contributed by atoms with E-state index >= 15 is 0 Å². The number of ether oxygens (including phenoxy) is 2. The number of methoxy groups -OCH3 is 1. The molecule has 0 amide bonds. The second-order valence-corrected chi connectivity index (χ2v) is 6.87. The van der Waals surface area contributed by atoms with Crippen molar-refractivity contribution in [2.75, 3.05) is 7.11 Å². The Bertz CT molecular complexity index is 1260. The first kappa shape index (κ1) is 20.5. The molecular weight excluding hydrogens is 407 g/mol. The SMILES string of the molecule is COc1c(-c2ccccc2)c2ccccc2n(Cc2ccc(OC(F)(F)F)cc2)c1=O. The van der Waals surface area contributed by atoms with E-state index in [9.17, 15) is 18.0 Å². The molecule has 0 aliphatic carbocycles. The summed E-state index contributed by atoms with van der Waals surface area (Å²) in [6, 6.07) is 22.4. The Balaban J connectivity index is 1.83. The van der Waals surface area contributed by atoms with Crippen molar-refractivity contribution in [3.63, 3.8) is 0 Å². The number of rotatable bonds is 5. The normalized spacial score (nSPS) is 11.5. The van der Waals surface area contributed by atoms with Crippen LogP contribution in [0.2, 0.25) is 0 Å². The van der Waals surface area contributed by atoms with Gasteiger partial charge in [-0.3, -0.25) is 4.79 Å². The highest BCUT2D eigenvalue weighted by Gasteiger charge is 2.31. The summed E-state index contributed by atoms with van der Waals surface area (Å²) in [4.78, 5) is 13.3. The minimum Gasteiger partial charge on any atom is -0.491 e. The van der Waals surface area contributed by atoms with E-state index in [0.717, 1.165) is 10.9 Å². The molecule has 0 N–H and O–H groups in total. The van der Waals surface area contributed by atoms with Crippen LogP contribution in [0.1, 0.15) is 5.56 Å². The molecule has 0 aliphatic heterocycles. The van der Waals surface area contributed by atoms with E-state index in [1.54, 1.807) is 4.57 Å². The molecule has 0 atom stereocenters. The van der Waals surface area contributed by atoms with Gasteiger partial charge in [0.2, 0.25) is 0 Å². The number of aromatic nitrogens is 1. The lowest BCUT2D eigenvalue weighted by Gasteiger charge is -2.17. The van der Waals surface area contributed by atoms with Gasteiger partial charge in [-0.15, -0.1) is 13.2 Å². The van der Waals surface area contributed by atoms with Crippen LogP contribution in [-0.2, 0) is 6.54 Å². The van der Waals surface area contributed by atoms with E-state index in [2.05, 4.69) is 4.74 Å². The number of fused-ring (bicyclic) bond motifs is 1. The lowest BCUT2D eigenvalue weighted by molar-refractivity contribution is -0.274. The quantitative estimate of drug-likeness (QED) is 0.417. The van der Waals surface area contributed by atoms with E-state index in [1.807, 2.05) is 54.6 Å². The van der Waals surface area contributed by atoms with Gasteiger partial charge in [0.15, 0.2) is 5.75 Å². The van der Waals surface area contributed by atoms with Crippen molar-refractivity contribution in [3.05, 3.63) is 94.8 Å². The third kappa shape index (κ3) is 4.26. The number of alkyl halides is 3. The third-order valence-electron chi connectivity index (χ3n) is 4.89. The largest absolute Gasteiger partial charge is 0.573 e. The summed E-state index contributed by atoms with van der Waals surface area (Å²) in [5.41, 5.74) is 2.58. The Hall–Kier alpha value is -3.74. The molecule has 0 aliphatic rings. The van der Waals surface area contributed by atoms with Gasteiger partial charge >= 0.3 is 6.36 Å². The summed E-state index contributed by atoms with van der Waals surface area (Å²) in [5, 5.41) is 0.835. The zero-order chi connectivity index (χ0) is 22.0. The highest BCUT2D eigenvalue weighted by Crippen LogP contribution is 2.34. The lowest BCUT2D eigenvalue weighted by Crippen LogP contribution is -2.23. The second-order valence-electron chi connectivity index (χ2n) is 6.87. The van der Waals surface area contributed by atoms with Crippen LogP contribution in [0, 0.1) is 0 Å². The molecule has 4 aromatic rings. The van der Waals surface area contributed by atoms with Crippen molar-refractivity contribution < 1.29 is 22.6 Å². The van der Waals surface area contributed by atoms with E-state index in [1.165, 1.54) is 31.4 Å². The zero-order valence-corrected chi connectivity index (χ0v) is 16.5. The number of nitrogens with zero attached hydrogens (tertiary/aromatic N) is 1. The molecule has 0 radical (unpaired) electrons. The standard InChI is InChI=1S/C24H18F3NO3/c1-30-22-21(17-7-3-2-4-8-17)19-9-5-6-10-20(19)28(23(22)29)15-16-11-13-18(14-12-16)31-24(25,26)27/h2-14H,15H2,1H3. The maximum absolute atomic E-state index is 13.3. The van der Waals surface area contributed by atoms with Crippen LogP contribution in [0.4, 0.5) is 13.2 Å². The van der Waals surface area contributed by atoms with Gasteiger partial charge < -0.3 is 14.0 Å². The van der Waals surface area contributed by atoms with Gasteiger partial charge in [0.1, 0.15) is 5.75 Å². The first-order chi connectivity index (χ1) is 14.9. The smallest absolute Gasteiger partial charge is 0.491 e. The molecule has 0 fully saturated rings. The number of hydrogen-bond acceptors (Lipinski definition) is 3. The van der Waals surface area contributed by atoms with Crippen molar-refractivity contribution in [1.29, 1.82) is 0 Å². The van der Waals surface area contributed by atoms with Crippen LogP contribution in [0.25, 0.3) is 22.0 Å². The van der Waals surface area contributed by atoms with Crippen LogP contribution in [0.5, 0.6) is 11.5 Å². The van der Waals surface area contributed by atoms with Crippen molar-refractivity contribution in [1.82, 2.24) is 4.57 Å². The Labute approximate surface area is 176 Å².